The number of hydrogen-bond acceptors (Lipinski definition) is 2. The Bertz CT molecular complexity index is 2260. The number of benzene rings is 6. The van der Waals surface area contributed by atoms with Crippen LogP contribution in [0.15, 0.2) is 114 Å². The van der Waals surface area contributed by atoms with Gasteiger partial charge in [-0.05, 0) is 83.4 Å². The number of furan rings is 1. The molecule has 224 valence electrons. The van der Waals surface area contributed by atoms with E-state index in [1.54, 1.807) is 42.5 Å². The average Bonchev–Trinajstić information content (AvgIpc) is 3.38. The van der Waals surface area contributed by atoms with Crippen molar-refractivity contribution in [1.82, 2.24) is 0 Å². The van der Waals surface area contributed by atoms with Crippen LogP contribution in [-0.4, -0.2) is 0 Å². The smallest absolute Gasteiger partial charge is 0.188 e. The molecular weight excluding hydrogens is 602 g/mol. The van der Waals surface area contributed by atoms with Crippen LogP contribution >= 0.6 is 0 Å². The molecule has 0 aliphatic rings. The Hall–Kier alpha value is -6.01. The summed E-state index contributed by atoms with van der Waals surface area (Å²) in [6.07, 6.45) is 0. The van der Waals surface area contributed by atoms with Crippen LogP contribution in [0.2, 0.25) is 0 Å². The molecule has 0 fully saturated rings. The summed E-state index contributed by atoms with van der Waals surface area (Å²) in [5, 5.41) is 1.39. The van der Waals surface area contributed by atoms with Gasteiger partial charge in [-0.2, -0.15) is 0 Å². The normalized spacial score (nSPS) is 11.2. The SMILES string of the molecule is [C-]#[N+]c1ccc2oc3c(-c4cc(-c5cc(F)cc(F)c5)cc(N(c5cc(F)cc(F)c5)c5cc(F)cc(F)c5)c4)cccc3c2c1. The van der Waals surface area contributed by atoms with Crippen molar-refractivity contribution in [3.63, 3.8) is 0 Å². The molecule has 3 nitrogen and oxygen atoms in total. The van der Waals surface area contributed by atoms with Gasteiger partial charge in [-0.25, -0.2) is 31.2 Å². The third-order valence-corrected chi connectivity index (χ3v) is 7.50. The van der Waals surface area contributed by atoms with Crippen LogP contribution in [0.1, 0.15) is 0 Å². The molecule has 0 aliphatic heterocycles. The standard InChI is InChI=1S/C37H18F6N2O/c1-44-29-5-6-36-35(19-29)34-4-2-3-33(37(34)46-36)22-7-20(21-8-23(38)12-24(39)9-21)10-30(11-22)45(31-15-25(40)13-26(41)16-31)32-17-27(42)14-28(43)18-32/h2-19H. The Morgan fingerprint density at radius 1 is 0.500 bits per heavy atom. The molecule has 46 heavy (non-hydrogen) atoms. The third kappa shape index (κ3) is 5.30. The number of nitrogens with zero attached hydrogens (tertiary/aromatic N) is 2. The maximum Gasteiger partial charge on any atom is 0.188 e. The summed E-state index contributed by atoms with van der Waals surface area (Å²) in [5.41, 5.74) is 2.73. The zero-order valence-corrected chi connectivity index (χ0v) is 23.5. The molecule has 7 aromatic rings. The van der Waals surface area contributed by atoms with Gasteiger partial charge in [0.15, 0.2) is 5.69 Å². The number of hydrogen-bond donors (Lipinski definition) is 0. The maximum absolute atomic E-state index is 14.6. The van der Waals surface area contributed by atoms with Crippen molar-refractivity contribution in [1.29, 1.82) is 0 Å². The molecule has 6 aromatic carbocycles. The van der Waals surface area contributed by atoms with Crippen LogP contribution < -0.4 is 4.90 Å². The first-order valence-electron chi connectivity index (χ1n) is 13.8. The average molecular weight is 621 g/mol. The van der Waals surface area contributed by atoms with Gasteiger partial charge in [-0.1, -0.05) is 24.3 Å². The van der Waals surface area contributed by atoms with E-state index in [0.717, 1.165) is 42.5 Å². The number of halogens is 6. The van der Waals surface area contributed by atoms with Gasteiger partial charge in [0.1, 0.15) is 46.1 Å². The zero-order valence-electron chi connectivity index (χ0n) is 23.5. The lowest BCUT2D eigenvalue weighted by Gasteiger charge is -2.27. The molecule has 0 atom stereocenters. The molecule has 0 radical (unpaired) electrons. The quantitative estimate of drug-likeness (QED) is 0.141. The first-order chi connectivity index (χ1) is 22.1. The molecule has 0 spiro atoms. The van der Waals surface area contributed by atoms with Crippen molar-refractivity contribution < 1.29 is 30.8 Å². The topological polar surface area (TPSA) is 20.7 Å². The molecule has 0 aliphatic carbocycles. The maximum atomic E-state index is 14.6. The van der Waals surface area contributed by atoms with E-state index in [1.807, 2.05) is 6.07 Å². The minimum absolute atomic E-state index is 0.107. The van der Waals surface area contributed by atoms with E-state index in [9.17, 15) is 26.3 Å². The molecule has 0 unspecified atom stereocenters. The summed E-state index contributed by atoms with van der Waals surface area (Å²) in [5.74, 6) is -5.43. The summed E-state index contributed by atoms with van der Waals surface area (Å²) < 4.78 is 93.3. The first kappa shape index (κ1) is 28.7. The molecule has 0 bridgehead atoms. The fourth-order valence-electron chi connectivity index (χ4n) is 5.65. The molecule has 9 heteroatoms. The molecule has 0 N–H and O–H groups in total. The Morgan fingerprint density at radius 2 is 1.02 bits per heavy atom. The molecule has 0 amide bonds. The first-order valence-corrected chi connectivity index (χ1v) is 13.8. The van der Waals surface area contributed by atoms with E-state index in [1.165, 1.54) is 11.0 Å². The molecule has 0 saturated carbocycles. The Kier molecular flexibility index (Phi) is 6.98. The molecule has 0 saturated heterocycles. The van der Waals surface area contributed by atoms with Crippen molar-refractivity contribution >= 4 is 44.7 Å². The number of fused-ring (bicyclic) bond motifs is 3. The Labute approximate surface area is 258 Å². The van der Waals surface area contributed by atoms with Crippen LogP contribution in [0.25, 0.3) is 49.0 Å². The monoisotopic (exact) mass is 620 g/mol. The van der Waals surface area contributed by atoms with Crippen molar-refractivity contribution in [3.8, 4) is 22.3 Å². The fourth-order valence-corrected chi connectivity index (χ4v) is 5.65. The minimum atomic E-state index is -0.939. The van der Waals surface area contributed by atoms with Crippen LogP contribution in [0.4, 0.5) is 49.1 Å². The van der Waals surface area contributed by atoms with Crippen molar-refractivity contribution in [2.45, 2.75) is 0 Å². The number of anilines is 3. The second-order valence-electron chi connectivity index (χ2n) is 10.6. The second-order valence-corrected chi connectivity index (χ2v) is 10.6. The van der Waals surface area contributed by atoms with E-state index in [4.69, 9.17) is 11.0 Å². The molecule has 7 rings (SSSR count). The van der Waals surface area contributed by atoms with E-state index < -0.39 is 34.9 Å². The minimum Gasteiger partial charge on any atom is -0.456 e. The van der Waals surface area contributed by atoms with Gasteiger partial charge in [-0.3, -0.25) is 0 Å². The number of para-hydroxylation sites is 1. The van der Waals surface area contributed by atoms with E-state index in [2.05, 4.69) is 4.85 Å². The van der Waals surface area contributed by atoms with Gasteiger partial charge < -0.3 is 9.32 Å². The van der Waals surface area contributed by atoms with E-state index in [0.29, 0.717) is 50.9 Å². The zero-order chi connectivity index (χ0) is 32.1. The fraction of sp³-hybridized carbons (Fsp3) is 0. The van der Waals surface area contributed by atoms with E-state index >= 15 is 0 Å². The highest BCUT2D eigenvalue weighted by molar-refractivity contribution is 6.10. The highest BCUT2D eigenvalue weighted by Gasteiger charge is 2.21. The van der Waals surface area contributed by atoms with Gasteiger partial charge >= 0.3 is 0 Å². The van der Waals surface area contributed by atoms with Crippen molar-refractivity contribution in [2.24, 2.45) is 0 Å². The molecular formula is C37H18F6N2O. The van der Waals surface area contributed by atoms with Gasteiger partial charge in [0.05, 0.1) is 17.9 Å². The summed E-state index contributed by atoms with van der Waals surface area (Å²) >= 11 is 0. The van der Waals surface area contributed by atoms with Crippen LogP contribution in [0.3, 0.4) is 0 Å². The Balaban J connectivity index is 1.54. The molecule has 1 aromatic heterocycles. The van der Waals surface area contributed by atoms with E-state index in [-0.39, 0.29) is 28.2 Å². The van der Waals surface area contributed by atoms with Crippen LogP contribution in [0.5, 0.6) is 0 Å². The van der Waals surface area contributed by atoms with Gasteiger partial charge in [-0.15, -0.1) is 0 Å². The summed E-state index contributed by atoms with van der Waals surface area (Å²) in [6, 6.07) is 23.4. The lowest BCUT2D eigenvalue weighted by atomic mass is 9.96. The highest BCUT2D eigenvalue weighted by atomic mass is 19.2. The predicted molar refractivity (Wildman–Crippen MR) is 165 cm³/mol. The predicted octanol–water partition coefficient (Wildman–Crippen LogP) is 11.8. The lowest BCUT2D eigenvalue weighted by Crippen LogP contribution is -2.12. The van der Waals surface area contributed by atoms with Gasteiger partial charge in [0, 0.05) is 40.2 Å². The summed E-state index contributed by atoms with van der Waals surface area (Å²) in [4.78, 5) is 4.73. The third-order valence-electron chi connectivity index (χ3n) is 7.50. The van der Waals surface area contributed by atoms with Gasteiger partial charge in [0.25, 0.3) is 0 Å². The number of rotatable bonds is 5. The molecule has 1 heterocycles. The van der Waals surface area contributed by atoms with Crippen LogP contribution in [0, 0.1) is 41.5 Å². The van der Waals surface area contributed by atoms with Gasteiger partial charge in [0.2, 0.25) is 0 Å². The highest BCUT2D eigenvalue weighted by Crippen LogP contribution is 2.43. The van der Waals surface area contributed by atoms with Crippen molar-refractivity contribution in [2.75, 3.05) is 4.90 Å². The second kappa shape index (κ2) is 11.2. The lowest BCUT2D eigenvalue weighted by molar-refractivity contribution is 0.582. The summed E-state index contributed by atoms with van der Waals surface area (Å²) in [7, 11) is 0. The Morgan fingerprint density at radius 3 is 1.61 bits per heavy atom. The van der Waals surface area contributed by atoms with Crippen molar-refractivity contribution in [3.05, 3.63) is 156 Å². The van der Waals surface area contributed by atoms with Crippen LogP contribution in [-0.2, 0) is 0 Å². The summed E-state index contributed by atoms with van der Waals surface area (Å²) in [6.45, 7) is 7.39. The largest absolute Gasteiger partial charge is 0.456 e.